The molecule has 1 aromatic heterocycles. The summed E-state index contributed by atoms with van der Waals surface area (Å²) in [6.45, 7) is 13.9. The molecular formula is C19H35N5. The molecule has 0 atom stereocenters. The Morgan fingerprint density at radius 2 is 1.79 bits per heavy atom. The molecule has 0 radical (unpaired) electrons. The number of rotatable bonds is 9. The first-order valence-electron chi connectivity index (χ1n) is 9.05. The fourth-order valence-electron chi connectivity index (χ4n) is 2.77. The Hall–Kier alpha value is -1.62. The Labute approximate surface area is 148 Å². The monoisotopic (exact) mass is 333 g/mol. The van der Waals surface area contributed by atoms with Gasteiger partial charge in [0.05, 0.1) is 0 Å². The number of hydrogen-bond donors (Lipinski definition) is 2. The first kappa shape index (κ1) is 20.4. The number of aliphatic imine (C=N–C) groups is 1. The molecule has 136 valence electrons. The lowest BCUT2D eigenvalue weighted by Gasteiger charge is -2.30. The summed E-state index contributed by atoms with van der Waals surface area (Å²) in [5.41, 5.74) is 2.30. The average molecular weight is 334 g/mol. The molecule has 0 amide bonds. The van der Waals surface area contributed by atoms with E-state index in [9.17, 15) is 0 Å². The molecule has 1 rings (SSSR count). The van der Waals surface area contributed by atoms with Crippen molar-refractivity contribution in [2.75, 3.05) is 26.7 Å². The van der Waals surface area contributed by atoms with E-state index in [-0.39, 0.29) is 0 Å². The van der Waals surface area contributed by atoms with E-state index in [0.29, 0.717) is 12.1 Å². The Bertz CT molecular complexity index is 471. The summed E-state index contributed by atoms with van der Waals surface area (Å²) in [4.78, 5) is 11.1. The van der Waals surface area contributed by atoms with Crippen LogP contribution in [0.25, 0.3) is 0 Å². The Kier molecular flexibility index (Phi) is 9.38. The van der Waals surface area contributed by atoms with Gasteiger partial charge in [-0.1, -0.05) is 6.07 Å². The molecule has 0 spiro atoms. The van der Waals surface area contributed by atoms with Crippen molar-refractivity contribution in [3.8, 4) is 0 Å². The number of nitrogens with zero attached hydrogens (tertiary/aromatic N) is 3. The third kappa shape index (κ3) is 7.77. The molecule has 0 aliphatic heterocycles. The number of guanidine groups is 1. The SMILES string of the molecule is CN=C(NCCCN(C(C)C)C(C)C)NCCc1ccc(C)nc1. The van der Waals surface area contributed by atoms with Gasteiger partial charge in [0.15, 0.2) is 5.96 Å². The minimum Gasteiger partial charge on any atom is -0.356 e. The number of pyridine rings is 1. The molecular weight excluding hydrogens is 298 g/mol. The van der Waals surface area contributed by atoms with E-state index in [1.54, 1.807) is 0 Å². The highest BCUT2D eigenvalue weighted by Crippen LogP contribution is 2.05. The van der Waals surface area contributed by atoms with Crippen LogP contribution >= 0.6 is 0 Å². The van der Waals surface area contributed by atoms with Gasteiger partial charge in [-0.2, -0.15) is 0 Å². The fraction of sp³-hybridized carbons (Fsp3) is 0.684. The third-order valence-corrected chi connectivity index (χ3v) is 4.11. The van der Waals surface area contributed by atoms with Gasteiger partial charge in [0.25, 0.3) is 0 Å². The Balaban J connectivity index is 2.24. The van der Waals surface area contributed by atoms with Gasteiger partial charge in [0.1, 0.15) is 0 Å². The second-order valence-corrected chi connectivity index (χ2v) is 6.76. The zero-order valence-electron chi connectivity index (χ0n) is 16.3. The van der Waals surface area contributed by atoms with E-state index in [0.717, 1.165) is 44.1 Å². The first-order valence-corrected chi connectivity index (χ1v) is 9.05. The second kappa shape index (κ2) is 11.0. The van der Waals surface area contributed by atoms with Crippen LogP contribution in [0.5, 0.6) is 0 Å². The maximum atomic E-state index is 4.32. The number of hydrogen-bond acceptors (Lipinski definition) is 3. The molecule has 0 bridgehead atoms. The van der Waals surface area contributed by atoms with Crippen molar-refractivity contribution in [1.82, 2.24) is 20.5 Å². The van der Waals surface area contributed by atoms with Crippen LogP contribution in [0, 0.1) is 6.92 Å². The minimum absolute atomic E-state index is 0.588. The van der Waals surface area contributed by atoms with Crippen LogP contribution in [-0.2, 0) is 6.42 Å². The maximum absolute atomic E-state index is 4.32. The van der Waals surface area contributed by atoms with Crippen LogP contribution in [0.2, 0.25) is 0 Å². The van der Waals surface area contributed by atoms with Gasteiger partial charge in [-0.3, -0.25) is 14.9 Å². The summed E-state index contributed by atoms with van der Waals surface area (Å²) in [5, 5.41) is 6.76. The van der Waals surface area contributed by atoms with Gasteiger partial charge in [-0.05, 0) is 59.1 Å². The van der Waals surface area contributed by atoms with E-state index in [1.807, 2.05) is 20.2 Å². The predicted octanol–water partition coefficient (Wildman–Crippen LogP) is 2.61. The van der Waals surface area contributed by atoms with Crippen LogP contribution < -0.4 is 10.6 Å². The van der Waals surface area contributed by atoms with Crippen molar-refractivity contribution in [1.29, 1.82) is 0 Å². The van der Waals surface area contributed by atoms with Crippen LogP contribution in [0.15, 0.2) is 23.3 Å². The summed E-state index contributed by atoms with van der Waals surface area (Å²) in [7, 11) is 1.82. The third-order valence-electron chi connectivity index (χ3n) is 4.11. The number of aryl methyl sites for hydroxylation is 1. The summed E-state index contributed by atoms with van der Waals surface area (Å²) in [6.07, 6.45) is 4.00. The van der Waals surface area contributed by atoms with Crippen molar-refractivity contribution >= 4 is 5.96 Å². The molecule has 0 aliphatic rings. The lowest BCUT2D eigenvalue weighted by Crippen LogP contribution is -2.41. The van der Waals surface area contributed by atoms with E-state index in [4.69, 9.17) is 0 Å². The molecule has 0 unspecified atom stereocenters. The van der Waals surface area contributed by atoms with Crippen LogP contribution in [0.1, 0.15) is 45.4 Å². The first-order chi connectivity index (χ1) is 11.4. The van der Waals surface area contributed by atoms with E-state index in [1.165, 1.54) is 5.56 Å². The van der Waals surface area contributed by atoms with Crippen molar-refractivity contribution in [2.24, 2.45) is 4.99 Å². The lowest BCUT2D eigenvalue weighted by molar-refractivity contribution is 0.173. The Morgan fingerprint density at radius 3 is 2.33 bits per heavy atom. The van der Waals surface area contributed by atoms with Gasteiger partial charge in [-0.25, -0.2) is 0 Å². The zero-order valence-corrected chi connectivity index (χ0v) is 16.3. The average Bonchev–Trinajstić information content (AvgIpc) is 2.54. The molecule has 24 heavy (non-hydrogen) atoms. The van der Waals surface area contributed by atoms with Gasteiger partial charge in [-0.15, -0.1) is 0 Å². The van der Waals surface area contributed by atoms with E-state index < -0.39 is 0 Å². The second-order valence-electron chi connectivity index (χ2n) is 6.76. The van der Waals surface area contributed by atoms with Crippen molar-refractivity contribution in [3.63, 3.8) is 0 Å². The molecule has 5 heteroatoms. The van der Waals surface area contributed by atoms with Crippen molar-refractivity contribution in [3.05, 3.63) is 29.6 Å². The molecule has 1 aromatic rings. The van der Waals surface area contributed by atoms with Gasteiger partial charge >= 0.3 is 0 Å². The smallest absolute Gasteiger partial charge is 0.190 e. The predicted molar refractivity (Wildman–Crippen MR) is 104 cm³/mol. The van der Waals surface area contributed by atoms with Crippen LogP contribution in [0.3, 0.4) is 0 Å². The summed E-state index contributed by atoms with van der Waals surface area (Å²) < 4.78 is 0. The van der Waals surface area contributed by atoms with Gasteiger partial charge < -0.3 is 10.6 Å². The standard InChI is InChI=1S/C19H35N5/c1-15(2)24(16(3)4)13-7-11-21-19(20-6)22-12-10-18-9-8-17(5)23-14-18/h8-9,14-16H,7,10-13H2,1-6H3,(H2,20,21,22). The highest BCUT2D eigenvalue weighted by Gasteiger charge is 2.12. The minimum atomic E-state index is 0.588. The lowest BCUT2D eigenvalue weighted by atomic mass is 10.2. The van der Waals surface area contributed by atoms with Crippen molar-refractivity contribution < 1.29 is 0 Å². The highest BCUT2D eigenvalue weighted by molar-refractivity contribution is 5.79. The molecule has 0 saturated heterocycles. The molecule has 1 heterocycles. The van der Waals surface area contributed by atoms with Gasteiger partial charge in [0, 0.05) is 50.7 Å². The van der Waals surface area contributed by atoms with Crippen LogP contribution in [-0.4, -0.2) is 54.6 Å². The molecule has 5 nitrogen and oxygen atoms in total. The van der Waals surface area contributed by atoms with Crippen molar-refractivity contribution in [2.45, 2.75) is 59.5 Å². The molecule has 2 N–H and O–H groups in total. The van der Waals surface area contributed by atoms with E-state index in [2.05, 4.69) is 65.3 Å². The molecule has 0 aromatic carbocycles. The molecule has 0 aliphatic carbocycles. The largest absolute Gasteiger partial charge is 0.356 e. The normalized spacial score (nSPS) is 12.3. The molecule has 0 fully saturated rings. The maximum Gasteiger partial charge on any atom is 0.190 e. The highest BCUT2D eigenvalue weighted by atomic mass is 15.2. The zero-order chi connectivity index (χ0) is 17.9. The summed E-state index contributed by atoms with van der Waals surface area (Å²) >= 11 is 0. The van der Waals surface area contributed by atoms with Crippen LogP contribution in [0.4, 0.5) is 0 Å². The number of aromatic nitrogens is 1. The number of nitrogens with one attached hydrogen (secondary N) is 2. The summed E-state index contributed by atoms with van der Waals surface area (Å²) in [6, 6.07) is 5.36. The summed E-state index contributed by atoms with van der Waals surface area (Å²) in [5.74, 6) is 0.871. The molecule has 0 saturated carbocycles. The topological polar surface area (TPSA) is 52.6 Å². The quantitative estimate of drug-likeness (QED) is 0.414. The van der Waals surface area contributed by atoms with Gasteiger partial charge in [0.2, 0.25) is 0 Å². The van der Waals surface area contributed by atoms with E-state index >= 15 is 0 Å². The fourth-order valence-corrected chi connectivity index (χ4v) is 2.77. The Morgan fingerprint density at radius 1 is 1.12 bits per heavy atom.